The number of amides is 1. The number of halogens is 3. The summed E-state index contributed by atoms with van der Waals surface area (Å²) in [6, 6.07) is 11.0. The standard InChI is InChI=1S/C31H29Cl2FN2O7/c1-40-7-8-42-20-9-24(32)28(25(33)10-20)30(37)35-13-17-3-2-4-21(29(17)43-16-35)22-12-27(23(31(38)39)11-26(22)34)36-18-5-6-19(36)15-41-14-18/h2-4,9-12,18-19H,5-8,13-16H2,1H3,(H,38,39). The molecule has 0 radical (unpaired) electrons. The summed E-state index contributed by atoms with van der Waals surface area (Å²) in [5, 5.41) is 10.2. The van der Waals surface area contributed by atoms with Crippen LogP contribution in [0.2, 0.25) is 10.0 Å². The van der Waals surface area contributed by atoms with E-state index in [9.17, 15) is 14.7 Å². The Morgan fingerprint density at radius 1 is 1.05 bits per heavy atom. The molecule has 2 bridgehead atoms. The van der Waals surface area contributed by atoms with Crippen molar-refractivity contribution < 1.29 is 38.0 Å². The molecule has 3 aliphatic heterocycles. The molecule has 3 aromatic rings. The van der Waals surface area contributed by atoms with Crippen LogP contribution in [-0.4, -0.2) is 74.2 Å². The summed E-state index contributed by atoms with van der Waals surface area (Å²) in [5.41, 5.74) is 1.83. The Morgan fingerprint density at radius 3 is 2.44 bits per heavy atom. The lowest BCUT2D eigenvalue weighted by Gasteiger charge is -2.37. The summed E-state index contributed by atoms with van der Waals surface area (Å²) in [4.78, 5) is 29.2. The van der Waals surface area contributed by atoms with Crippen LogP contribution >= 0.6 is 23.2 Å². The molecule has 9 nitrogen and oxygen atoms in total. The van der Waals surface area contributed by atoms with Gasteiger partial charge in [-0.15, -0.1) is 0 Å². The minimum Gasteiger partial charge on any atom is -0.491 e. The van der Waals surface area contributed by atoms with Crippen LogP contribution in [-0.2, 0) is 16.0 Å². The van der Waals surface area contributed by atoms with Gasteiger partial charge in [-0.3, -0.25) is 4.79 Å². The zero-order chi connectivity index (χ0) is 30.2. The first-order valence-corrected chi connectivity index (χ1v) is 14.6. The number of benzene rings is 3. The van der Waals surface area contributed by atoms with Crippen molar-refractivity contribution in [3.05, 3.63) is 75.0 Å². The fraction of sp³-hybridized carbons (Fsp3) is 0.355. The quantitative estimate of drug-likeness (QED) is 0.308. The third-order valence-electron chi connectivity index (χ3n) is 8.02. The van der Waals surface area contributed by atoms with Crippen molar-refractivity contribution in [3.63, 3.8) is 0 Å². The highest BCUT2D eigenvalue weighted by molar-refractivity contribution is 6.39. The number of anilines is 1. The zero-order valence-corrected chi connectivity index (χ0v) is 24.8. The van der Waals surface area contributed by atoms with Gasteiger partial charge in [0, 0.05) is 23.8 Å². The largest absolute Gasteiger partial charge is 0.491 e. The van der Waals surface area contributed by atoms with Gasteiger partial charge in [-0.1, -0.05) is 41.4 Å². The second-order valence-corrected chi connectivity index (χ2v) is 11.5. The van der Waals surface area contributed by atoms with Gasteiger partial charge in [0.25, 0.3) is 5.91 Å². The van der Waals surface area contributed by atoms with Crippen molar-refractivity contribution in [1.29, 1.82) is 0 Å². The van der Waals surface area contributed by atoms with Gasteiger partial charge in [0.1, 0.15) is 23.9 Å². The summed E-state index contributed by atoms with van der Waals surface area (Å²) in [5.74, 6) is -1.48. The Hall–Kier alpha value is -3.57. The number of carboxylic acid groups (broad SMARTS) is 1. The maximum atomic E-state index is 15.6. The number of methoxy groups -OCH3 is 1. The van der Waals surface area contributed by atoms with Gasteiger partial charge in [0.2, 0.25) is 0 Å². The lowest BCUT2D eigenvalue weighted by atomic mass is 9.96. The molecule has 43 heavy (non-hydrogen) atoms. The molecule has 0 spiro atoms. The van der Waals surface area contributed by atoms with Crippen LogP contribution in [0, 0.1) is 5.82 Å². The number of carbonyl (C=O) groups is 2. The highest BCUT2D eigenvalue weighted by Gasteiger charge is 2.40. The van der Waals surface area contributed by atoms with Gasteiger partial charge in [-0.2, -0.15) is 0 Å². The Labute approximate surface area is 257 Å². The van der Waals surface area contributed by atoms with Gasteiger partial charge in [-0.25, -0.2) is 9.18 Å². The number of hydrogen-bond donors (Lipinski definition) is 1. The third-order valence-corrected chi connectivity index (χ3v) is 8.62. The summed E-state index contributed by atoms with van der Waals surface area (Å²) >= 11 is 12.9. The zero-order valence-electron chi connectivity index (χ0n) is 23.3. The van der Waals surface area contributed by atoms with E-state index in [0.29, 0.717) is 54.7 Å². The molecule has 226 valence electrons. The molecule has 6 rings (SSSR count). The molecule has 0 aliphatic carbocycles. The number of nitrogens with zero attached hydrogens (tertiary/aromatic N) is 2. The number of ether oxygens (including phenoxy) is 4. The molecule has 2 fully saturated rings. The van der Waals surface area contributed by atoms with Crippen LogP contribution in [0.25, 0.3) is 11.1 Å². The molecule has 3 aromatic carbocycles. The van der Waals surface area contributed by atoms with Gasteiger partial charge >= 0.3 is 5.97 Å². The smallest absolute Gasteiger partial charge is 0.337 e. The minimum absolute atomic E-state index is 0.0281. The molecule has 3 heterocycles. The predicted octanol–water partition coefficient (Wildman–Crippen LogP) is 5.88. The number of aromatic carboxylic acids is 1. The van der Waals surface area contributed by atoms with Crippen LogP contribution in [0.5, 0.6) is 11.5 Å². The second-order valence-electron chi connectivity index (χ2n) is 10.7. The van der Waals surface area contributed by atoms with E-state index >= 15 is 4.39 Å². The topological polar surface area (TPSA) is 97.8 Å². The maximum Gasteiger partial charge on any atom is 0.337 e. The van der Waals surface area contributed by atoms with Crippen molar-refractivity contribution in [2.45, 2.75) is 31.5 Å². The van der Waals surface area contributed by atoms with Gasteiger partial charge in [0.15, 0.2) is 6.73 Å². The van der Waals surface area contributed by atoms with Gasteiger partial charge in [0.05, 0.1) is 65.3 Å². The number of carboxylic acids is 1. The average Bonchev–Trinajstić information content (AvgIpc) is 3.23. The number of rotatable bonds is 8. The fourth-order valence-corrected chi connectivity index (χ4v) is 6.66. The van der Waals surface area contributed by atoms with E-state index in [1.54, 1.807) is 31.4 Å². The molecule has 12 heteroatoms. The number of para-hydroxylation sites is 1. The van der Waals surface area contributed by atoms with Gasteiger partial charge in [-0.05, 0) is 37.1 Å². The van der Waals surface area contributed by atoms with Crippen LogP contribution in [0.1, 0.15) is 39.1 Å². The molecule has 2 atom stereocenters. The lowest BCUT2D eigenvalue weighted by molar-refractivity contribution is 0.0516. The third kappa shape index (κ3) is 5.60. The number of carbonyl (C=O) groups excluding carboxylic acids is 1. The molecule has 2 saturated heterocycles. The molecule has 2 unspecified atom stereocenters. The molecule has 0 saturated carbocycles. The summed E-state index contributed by atoms with van der Waals surface area (Å²) in [7, 11) is 1.56. The summed E-state index contributed by atoms with van der Waals surface area (Å²) < 4.78 is 37.9. The Morgan fingerprint density at radius 2 is 1.77 bits per heavy atom. The molecule has 1 amide bonds. The lowest BCUT2D eigenvalue weighted by Crippen LogP contribution is -2.46. The van der Waals surface area contributed by atoms with E-state index in [0.717, 1.165) is 18.9 Å². The van der Waals surface area contributed by atoms with Crippen molar-refractivity contribution >= 4 is 40.8 Å². The van der Waals surface area contributed by atoms with Crippen LogP contribution in [0.4, 0.5) is 10.1 Å². The molecule has 0 aromatic heterocycles. The molecule has 3 aliphatic rings. The van der Waals surface area contributed by atoms with Crippen LogP contribution < -0.4 is 14.4 Å². The van der Waals surface area contributed by atoms with E-state index in [1.165, 1.54) is 17.0 Å². The van der Waals surface area contributed by atoms with Crippen molar-refractivity contribution in [1.82, 2.24) is 4.90 Å². The normalized spacial score (nSPS) is 19.2. The highest BCUT2D eigenvalue weighted by Crippen LogP contribution is 2.43. The van der Waals surface area contributed by atoms with Crippen LogP contribution in [0.15, 0.2) is 42.5 Å². The first-order valence-electron chi connectivity index (χ1n) is 13.8. The average molecular weight is 631 g/mol. The SMILES string of the molecule is COCCOc1cc(Cl)c(C(=O)N2COc3c(cccc3-c3cc(N4C5CCC4COC5)c(C(=O)O)cc3F)C2)c(Cl)c1. The highest BCUT2D eigenvalue weighted by atomic mass is 35.5. The van der Waals surface area contributed by atoms with Crippen molar-refractivity contribution in [3.8, 4) is 22.6 Å². The number of hydrogen-bond acceptors (Lipinski definition) is 7. The van der Waals surface area contributed by atoms with Gasteiger partial charge < -0.3 is 33.9 Å². The molecular formula is C31H29Cl2FN2O7. The minimum atomic E-state index is -1.20. The van der Waals surface area contributed by atoms with E-state index in [4.69, 9.17) is 42.1 Å². The molecule has 1 N–H and O–H groups in total. The maximum absolute atomic E-state index is 15.6. The van der Waals surface area contributed by atoms with E-state index in [1.807, 2.05) is 0 Å². The van der Waals surface area contributed by atoms with E-state index < -0.39 is 17.7 Å². The first kappa shape index (κ1) is 29.5. The fourth-order valence-electron chi connectivity index (χ4n) is 6.03. The van der Waals surface area contributed by atoms with E-state index in [-0.39, 0.29) is 52.1 Å². The van der Waals surface area contributed by atoms with Crippen LogP contribution in [0.3, 0.4) is 0 Å². The Balaban J connectivity index is 1.30. The first-order chi connectivity index (χ1) is 20.8. The number of morpholine rings is 1. The predicted molar refractivity (Wildman–Crippen MR) is 158 cm³/mol. The number of fused-ring (bicyclic) bond motifs is 3. The summed E-state index contributed by atoms with van der Waals surface area (Å²) in [6.07, 6.45) is 1.75. The Bertz CT molecular complexity index is 1550. The monoisotopic (exact) mass is 630 g/mol. The second kappa shape index (κ2) is 12.2. The van der Waals surface area contributed by atoms with Crippen molar-refractivity contribution in [2.75, 3.05) is 45.2 Å². The van der Waals surface area contributed by atoms with E-state index in [2.05, 4.69) is 4.90 Å². The summed E-state index contributed by atoms with van der Waals surface area (Å²) in [6.45, 7) is 1.70. The Kier molecular flexibility index (Phi) is 8.37. The molecular weight excluding hydrogens is 602 g/mol. The van der Waals surface area contributed by atoms with Crippen molar-refractivity contribution in [2.24, 2.45) is 0 Å².